The predicted molar refractivity (Wildman–Crippen MR) is 96.2 cm³/mol. The summed E-state index contributed by atoms with van der Waals surface area (Å²) in [6.45, 7) is 8.97. The highest BCUT2D eigenvalue weighted by molar-refractivity contribution is 7.09. The summed E-state index contributed by atoms with van der Waals surface area (Å²) in [5.41, 5.74) is 3.11. The van der Waals surface area contributed by atoms with Crippen LogP contribution in [0.15, 0.2) is 29.6 Å². The molecule has 3 heterocycles. The quantitative estimate of drug-likeness (QED) is 0.861. The van der Waals surface area contributed by atoms with Crippen LogP contribution in [0, 0.1) is 25.7 Å². The Bertz CT molecular complexity index is 743. The fraction of sp³-hybridized carbons (Fsp3) is 0.474. The Morgan fingerprint density at radius 2 is 1.88 bits per heavy atom. The maximum Gasteiger partial charge on any atom is 0.254 e. The van der Waals surface area contributed by atoms with Gasteiger partial charge in [-0.1, -0.05) is 18.2 Å². The fourth-order valence-electron chi connectivity index (χ4n) is 4.08. The minimum atomic E-state index is 0.198. The third-order valence-electron chi connectivity index (χ3n) is 5.28. The Morgan fingerprint density at radius 3 is 2.50 bits per heavy atom. The number of aromatic nitrogens is 1. The standard InChI is InChI=1S/C19H23N3OS/c1-13-5-3-4-6-18(13)19(23)22-9-15-7-21(8-16(15)10-22)11-17-12-24-14(2)20-17/h3-6,12,15-16H,7-11H2,1-2H3. The molecule has 2 aromatic rings. The van der Waals surface area contributed by atoms with Crippen molar-refractivity contribution in [2.45, 2.75) is 20.4 Å². The van der Waals surface area contributed by atoms with Gasteiger partial charge >= 0.3 is 0 Å². The topological polar surface area (TPSA) is 36.4 Å². The van der Waals surface area contributed by atoms with E-state index in [1.54, 1.807) is 11.3 Å². The first kappa shape index (κ1) is 15.8. The van der Waals surface area contributed by atoms with Gasteiger partial charge < -0.3 is 4.90 Å². The van der Waals surface area contributed by atoms with Crippen LogP contribution in [-0.4, -0.2) is 46.9 Å². The molecule has 0 N–H and O–H groups in total. The molecule has 5 heteroatoms. The molecule has 2 aliphatic rings. The zero-order chi connectivity index (χ0) is 16.7. The lowest BCUT2D eigenvalue weighted by Crippen LogP contribution is -2.33. The third kappa shape index (κ3) is 2.98. The minimum Gasteiger partial charge on any atom is -0.338 e. The summed E-state index contributed by atoms with van der Waals surface area (Å²) in [5, 5.41) is 3.30. The number of rotatable bonds is 3. The van der Waals surface area contributed by atoms with Crippen molar-refractivity contribution in [1.29, 1.82) is 0 Å². The summed E-state index contributed by atoms with van der Waals surface area (Å²) >= 11 is 1.72. The van der Waals surface area contributed by atoms with Gasteiger partial charge in [0.2, 0.25) is 0 Å². The number of carbonyl (C=O) groups excluding carboxylic acids is 1. The van der Waals surface area contributed by atoms with Gasteiger partial charge in [0.05, 0.1) is 10.7 Å². The zero-order valence-electron chi connectivity index (χ0n) is 14.2. The number of benzene rings is 1. The number of thiazole rings is 1. The van der Waals surface area contributed by atoms with Crippen LogP contribution in [0.4, 0.5) is 0 Å². The van der Waals surface area contributed by atoms with Crippen molar-refractivity contribution in [3.8, 4) is 0 Å². The summed E-state index contributed by atoms with van der Waals surface area (Å²) in [7, 11) is 0. The van der Waals surface area contributed by atoms with E-state index in [1.165, 1.54) is 5.69 Å². The Hall–Kier alpha value is -1.72. The maximum absolute atomic E-state index is 12.8. The summed E-state index contributed by atoms with van der Waals surface area (Å²) in [6, 6.07) is 7.90. The van der Waals surface area contributed by atoms with Crippen LogP contribution in [0.25, 0.3) is 0 Å². The van der Waals surface area contributed by atoms with Crippen LogP contribution < -0.4 is 0 Å². The molecule has 2 atom stereocenters. The highest BCUT2D eigenvalue weighted by Gasteiger charge is 2.41. The summed E-state index contributed by atoms with van der Waals surface area (Å²) in [4.78, 5) is 21.9. The lowest BCUT2D eigenvalue weighted by Gasteiger charge is -2.21. The number of nitrogens with zero attached hydrogens (tertiary/aromatic N) is 3. The molecule has 2 aliphatic heterocycles. The van der Waals surface area contributed by atoms with Gasteiger partial charge in [0.25, 0.3) is 5.91 Å². The smallest absolute Gasteiger partial charge is 0.254 e. The largest absolute Gasteiger partial charge is 0.338 e. The van der Waals surface area contributed by atoms with Gasteiger partial charge in [-0.2, -0.15) is 0 Å². The van der Waals surface area contributed by atoms with Gasteiger partial charge in [0.15, 0.2) is 0 Å². The Morgan fingerprint density at radius 1 is 1.17 bits per heavy atom. The van der Waals surface area contributed by atoms with Gasteiger partial charge in [0, 0.05) is 43.7 Å². The molecule has 0 aliphatic carbocycles. The van der Waals surface area contributed by atoms with E-state index in [-0.39, 0.29) is 5.91 Å². The van der Waals surface area contributed by atoms with E-state index in [1.807, 2.05) is 31.2 Å². The van der Waals surface area contributed by atoms with Crippen molar-refractivity contribution in [2.75, 3.05) is 26.2 Å². The molecule has 2 fully saturated rings. The lowest BCUT2D eigenvalue weighted by molar-refractivity contribution is 0.0772. The van der Waals surface area contributed by atoms with Crippen LogP contribution in [0.1, 0.15) is 26.6 Å². The zero-order valence-corrected chi connectivity index (χ0v) is 15.1. The van der Waals surface area contributed by atoms with Gasteiger partial charge in [-0.3, -0.25) is 9.69 Å². The van der Waals surface area contributed by atoms with Crippen molar-refractivity contribution in [2.24, 2.45) is 11.8 Å². The number of hydrogen-bond acceptors (Lipinski definition) is 4. The first-order valence-corrected chi connectivity index (χ1v) is 9.46. The molecule has 1 aromatic heterocycles. The molecule has 1 amide bonds. The van der Waals surface area contributed by atoms with E-state index >= 15 is 0 Å². The van der Waals surface area contributed by atoms with Gasteiger partial charge in [-0.15, -0.1) is 11.3 Å². The van der Waals surface area contributed by atoms with Crippen molar-refractivity contribution in [1.82, 2.24) is 14.8 Å². The molecule has 2 unspecified atom stereocenters. The van der Waals surface area contributed by atoms with Crippen LogP contribution in [-0.2, 0) is 6.54 Å². The Labute approximate surface area is 147 Å². The van der Waals surface area contributed by atoms with E-state index in [0.717, 1.165) is 48.9 Å². The third-order valence-corrected chi connectivity index (χ3v) is 6.10. The number of fused-ring (bicyclic) bond motifs is 1. The van der Waals surface area contributed by atoms with E-state index in [0.29, 0.717) is 11.8 Å². The lowest BCUT2D eigenvalue weighted by atomic mass is 10.0. The monoisotopic (exact) mass is 341 g/mol. The second-order valence-corrected chi connectivity index (χ2v) is 8.16. The van der Waals surface area contributed by atoms with Gasteiger partial charge in [-0.25, -0.2) is 4.98 Å². The molecule has 0 saturated carbocycles. The summed E-state index contributed by atoms with van der Waals surface area (Å²) < 4.78 is 0. The second kappa shape index (κ2) is 6.30. The molecule has 0 bridgehead atoms. The van der Waals surface area contributed by atoms with Crippen LogP contribution in [0.2, 0.25) is 0 Å². The number of hydrogen-bond donors (Lipinski definition) is 0. The van der Waals surface area contributed by atoms with E-state index < -0.39 is 0 Å². The Balaban J connectivity index is 1.37. The molecule has 4 nitrogen and oxygen atoms in total. The van der Waals surface area contributed by atoms with Crippen molar-refractivity contribution in [3.63, 3.8) is 0 Å². The van der Waals surface area contributed by atoms with Crippen molar-refractivity contribution in [3.05, 3.63) is 51.5 Å². The average molecular weight is 341 g/mol. The Kier molecular flexibility index (Phi) is 4.14. The number of carbonyl (C=O) groups is 1. The molecular weight excluding hydrogens is 318 g/mol. The minimum absolute atomic E-state index is 0.198. The summed E-state index contributed by atoms with van der Waals surface area (Å²) in [6.07, 6.45) is 0. The number of aryl methyl sites for hydroxylation is 2. The first-order chi connectivity index (χ1) is 11.6. The van der Waals surface area contributed by atoms with Gasteiger partial charge in [0.1, 0.15) is 0 Å². The maximum atomic E-state index is 12.8. The van der Waals surface area contributed by atoms with E-state index in [2.05, 4.69) is 27.1 Å². The first-order valence-electron chi connectivity index (χ1n) is 8.58. The predicted octanol–water partition coefficient (Wildman–Crippen LogP) is 2.96. The molecule has 4 rings (SSSR count). The molecule has 24 heavy (non-hydrogen) atoms. The van der Waals surface area contributed by atoms with Crippen LogP contribution >= 0.6 is 11.3 Å². The molecular formula is C19H23N3OS. The van der Waals surface area contributed by atoms with Crippen LogP contribution in [0.3, 0.4) is 0 Å². The van der Waals surface area contributed by atoms with Crippen molar-refractivity contribution >= 4 is 17.2 Å². The highest BCUT2D eigenvalue weighted by Crippen LogP contribution is 2.33. The second-order valence-electron chi connectivity index (χ2n) is 7.10. The number of likely N-dealkylation sites (tertiary alicyclic amines) is 2. The molecule has 0 radical (unpaired) electrons. The SMILES string of the molecule is Cc1nc(CN2CC3CN(C(=O)c4ccccc4C)CC3C2)cs1. The van der Waals surface area contributed by atoms with Crippen LogP contribution in [0.5, 0.6) is 0 Å². The normalized spacial score (nSPS) is 23.7. The van der Waals surface area contributed by atoms with E-state index in [9.17, 15) is 4.79 Å². The average Bonchev–Trinajstić information content (AvgIpc) is 3.22. The molecule has 0 spiro atoms. The highest BCUT2D eigenvalue weighted by atomic mass is 32.1. The fourth-order valence-corrected chi connectivity index (χ4v) is 4.68. The van der Waals surface area contributed by atoms with E-state index in [4.69, 9.17) is 0 Å². The van der Waals surface area contributed by atoms with Crippen molar-refractivity contribution < 1.29 is 4.79 Å². The molecule has 126 valence electrons. The molecule has 1 aromatic carbocycles. The number of amides is 1. The van der Waals surface area contributed by atoms with Gasteiger partial charge in [-0.05, 0) is 37.3 Å². The summed E-state index contributed by atoms with van der Waals surface area (Å²) in [5.74, 6) is 1.42. The molecule has 2 saturated heterocycles.